The van der Waals surface area contributed by atoms with Gasteiger partial charge >= 0.3 is 0 Å². The molecule has 1 aromatic heterocycles. The molecule has 0 fully saturated rings. The molecule has 19 heavy (non-hydrogen) atoms. The second-order valence-electron chi connectivity index (χ2n) is 4.26. The van der Waals surface area contributed by atoms with Crippen molar-refractivity contribution in [1.29, 1.82) is 0 Å². The zero-order valence-electron chi connectivity index (χ0n) is 10.8. The summed E-state index contributed by atoms with van der Waals surface area (Å²) in [5, 5.41) is 7.13. The summed E-state index contributed by atoms with van der Waals surface area (Å²) in [6, 6.07) is 7.85. The molecule has 100 valence electrons. The van der Waals surface area contributed by atoms with Crippen molar-refractivity contribution in [3.63, 3.8) is 0 Å². The van der Waals surface area contributed by atoms with Crippen molar-refractivity contribution in [3.8, 4) is 0 Å². The fourth-order valence-corrected chi connectivity index (χ4v) is 1.71. The number of anilines is 1. The maximum absolute atomic E-state index is 13.5. The molecule has 1 aromatic carbocycles. The summed E-state index contributed by atoms with van der Waals surface area (Å²) in [6.07, 6.45) is 2.55. The summed E-state index contributed by atoms with van der Waals surface area (Å²) < 4.78 is 14.7. The Kier molecular flexibility index (Phi) is 4.28. The van der Waals surface area contributed by atoms with Crippen LogP contribution in [-0.2, 0) is 6.54 Å². The smallest absolute Gasteiger partial charge is 0.269 e. The van der Waals surface area contributed by atoms with Crippen LogP contribution in [0, 0.1) is 5.82 Å². The number of nitrogens with zero attached hydrogens (tertiary/aromatic N) is 2. The molecule has 4 nitrogen and oxygen atoms in total. The van der Waals surface area contributed by atoms with Crippen LogP contribution in [0.25, 0.3) is 0 Å². The fourth-order valence-electron chi connectivity index (χ4n) is 1.71. The molecule has 0 saturated carbocycles. The van der Waals surface area contributed by atoms with Gasteiger partial charge in [-0.1, -0.05) is 25.1 Å². The normalized spacial score (nSPS) is 10.4. The molecule has 0 atom stereocenters. The third-order valence-corrected chi connectivity index (χ3v) is 2.73. The molecule has 0 aliphatic carbocycles. The Balaban J connectivity index is 2.18. The Bertz CT molecular complexity index is 610. The Labute approximate surface area is 110 Å². The minimum Gasteiger partial charge on any atom is -0.384 e. The van der Waals surface area contributed by atoms with Crippen molar-refractivity contribution in [3.05, 3.63) is 58.3 Å². The molecule has 0 radical (unpaired) electrons. The Hall–Kier alpha value is -2.17. The molecule has 1 N–H and O–H groups in total. The predicted molar refractivity (Wildman–Crippen MR) is 72.8 cm³/mol. The molecule has 0 spiro atoms. The van der Waals surface area contributed by atoms with Crippen molar-refractivity contribution in [2.24, 2.45) is 0 Å². The van der Waals surface area contributed by atoms with Crippen LogP contribution in [0.4, 0.5) is 10.1 Å². The number of nitrogens with one attached hydrogen (secondary N) is 1. The van der Waals surface area contributed by atoms with Gasteiger partial charge in [-0.25, -0.2) is 9.07 Å². The molecular weight excluding hydrogens is 245 g/mol. The highest BCUT2D eigenvalue weighted by molar-refractivity contribution is 5.38. The summed E-state index contributed by atoms with van der Waals surface area (Å²) in [4.78, 5) is 11.9. The van der Waals surface area contributed by atoms with Gasteiger partial charge in [0.15, 0.2) is 0 Å². The Morgan fingerprint density at radius 1 is 1.37 bits per heavy atom. The first kappa shape index (κ1) is 13.3. The van der Waals surface area contributed by atoms with E-state index in [9.17, 15) is 9.18 Å². The molecular formula is C14H16FN3O. The number of hydrogen-bond acceptors (Lipinski definition) is 3. The highest BCUT2D eigenvalue weighted by Gasteiger charge is 2.04. The van der Waals surface area contributed by atoms with E-state index in [-0.39, 0.29) is 17.9 Å². The number of rotatable bonds is 5. The first-order valence-corrected chi connectivity index (χ1v) is 6.25. The average Bonchev–Trinajstić information content (AvgIpc) is 2.41. The van der Waals surface area contributed by atoms with E-state index in [4.69, 9.17) is 0 Å². The van der Waals surface area contributed by atoms with Crippen LogP contribution in [0.3, 0.4) is 0 Å². The van der Waals surface area contributed by atoms with Crippen molar-refractivity contribution < 1.29 is 4.39 Å². The third-order valence-electron chi connectivity index (χ3n) is 2.73. The Morgan fingerprint density at radius 2 is 2.16 bits per heavy atom. The lowest BCUT2D eigenvalue weighted by Crippen LogP contribution is -2.23. The SMILES string of the molecule is CCCNc1cnn(Cc2ccccc2F)c(=O)c1. The van der Waals surface area contributed by atoms with Crippen molar-refractivity contribution >= 4 is 5.69 Å². The minimum atomic E-state index is -0.329. The quantitative estimate of drug-likeness (QED) is 0.898. The fraction of sp³-hybridized carbons (Fsp3) is 0.286. The zero-order chi connectivity index (χ0) is 13.7. The largest absolute Gasteiger partial charge is 0.384 e. The van der Waals surface area contributed by atoms with Crippen molar-refractivity contribution in [1.82, 2.24) is 9.78 Å². The summed E-state index contributed by atoms with van der Waals surface area (Å²) in [5.74, 6) is -0.329. The van der Waals surface area contributed by atoms with Crippen molar-refractivity contribution in [2.45, 2.75) is 19.9 Å². The second kappa shape index (κ2) is 6.13. The minimum absolute atomic E-state index is 0.138. The van der Waals surface area contributed by atoms with E-state index in [1.807, 2.05) is 6.92 Å². The monoisotopic (exact) mass is 261 g/mol. The van der Waals surface area contributed by atoms with Crippen LogP contribution in [0.15, 0.2) is 41.3 Å². The first-order chi connectivity index (χ1) is 9.20. The van der Waals surface area contributed by atoms with Crippen LogP contribution in [-0.4, -0.2) is 16.3 Å². The maximum atomic E-state index is 13.5. The molecule has 0 unspecified atom stereocenters. The number of aromatic nitrogens is 2. The number of benzene rings is 1. The van der Waals surface area contributed by atoms with E-state index in [2.05, 4.69) is 10.4 Å². The van der Waals surface area contributed by atoms with Crippen LogP contribution in [0.5, 0.6) is 0 Å². The summed E-state index contributed by atoms with van der Waals surface area (Å²) in [6.45, 7) is 2.97. The summed E-state index contributed by atoms with van der Waals surface area (Å²) in [7, 11) is 0. The van der Waals surface area contributed by atoms with Gasteiger partial charge in [0.25, 0.3) is 5.56 Å². The van der Waals surface area contributed by atoms with Crippen LogP contribution in [0.1, 0.15) is 18.9 Å². The second-order valence-corrected chi connectivity index (χ2v) is 4.26. The van der Waals surface area contributed by atoms with Crippen molar-refractivity contribution in [2.75, 3.05) is 11.9 Å². The highest BCUT2D eigenvalue weighted by atomic mass is 19.1. The Morgan fingerprint density at radius 3 is 2.84 bits per heavy atom. The van der Waals surface area contributed by atoms with Gasteiger partial charge in [0.2, 0.25) is 0 Å². The van der Waals surface area contributed by atoms with E-state index < -0.39 is 0 Å². The van der Waals surface area contributed by atoms with E-state index in [0.29, 0.717) is 11.3 Å². The highest BCUT2D eigenvalue weighted by Crippen LogP contribution is 2.07. The number of halogens is 1. The molecule has 0 aliphatic rings. The van der Waals surface area contributed by atoms with Gasteiger partial charge in [-0.2, -0.15) is 5.10 Å². The molecule has 2 aromatic rings. The lowest BCUT2D eigenvalue weighted by Gasteiger charge is -2.08. The van der Waals surface area contributed by atoms with Crippen LogP contribution in [0.2, 0.25) is 0 Å². The van der Waals surface area contributed by atoms with E-state index in [1.165, 1.54) is 16.8 Å². The van der Waals surface area contributed by atoms with Gasteiger partial charge in [0, 0.05) is 18.2 Å². The van der Waals surface area contributed by atoms with E-state index >= 15 is 0 Å². The predicted octanol–water partition coefficient (Wildman–Crippen LogP) is 2.25. The molecule has 0 saturated heterocycles. The maximum Gasteiger partial charge on any atom is 0.269 e. The van der Waals surface area contributed by atoms with E-state index in [1.54, 1.807) is 24.4 Å². The van der Waals surface area contributed by atoms with Gasteiger partial charge in [-0.15, -0.1) is 0 Å². The summed E-state index contributed by atoms with van der Waals surface area (Å²) >= 11 is 0. The zero-order valence-corrected chi connectivity index (χ0v) is 10.8. The third kappa shape index (κ3) is 3.40. The van der Waals surface area contributed by atoms with Gasteiger partial charge < -0.3 is 5.32 Å². The molecule has 5 heteroatoms. The average molecular weight is 261 g/mol. The standard InChI is InChI=1S/C14H16FN3O/c1-2-7-16-12-8-14(19)18(17-9-12)10-11-5-3-4-6-13(11)15/h3-6,8-9,16H,2,7,10H2,1H3. The molecule has 2 rings (SSSR count). The summed E-state index contributed by atoms with van der Waals surface area (Å²) in [5.41, 5.74) is 0.896. The lowest BCUT2D eigenvalue weighted by atomic mass is 10.2. The van der Waals surface area contributed by atoms with Gasteiger partial charge in [0.05, 0.1) is 18.4 Å². The van der Waals surface area contributed by atoms with Crippen LogP contribution >= 0.6 is 0 Å². The lowest BCUT2D eigenvalue weighted by molar-refractivity contribution is 0.572. The van der Waals surface area contributed by atoms with Gasteiger partial charge in [0.1, 0.15) is 5.82 Å². The van der Waals surface area contributed by atoms with Gasteiger partial charge in [-0.3, -0.25) is 4.79 Å². The van der Waals surface area contributed by atoms with E-state index in [0.717, 1.165) is 13.0 Å². The molecule has 0 bridgehead atoms. The first-order valence-electron chi connectivity index (χ1n) is 6.25. The van der Waals surface area contributed by atoms with Crippen LogP contribution < -0.4 is 10.9 Å². The van der Waals surface area contributed by atoms with Gasteiger partial charge in [-0.05, 0) is 12.5 Å². The molecule has 0 aliphatic heterocycles. The number of hydrogen-bond donors (Lipinski definition) is 1. The topological polar surface area (TPSA) is 46.9 Å². The molecule has 1 heterocycles. The molecule has 0 amide bonds.